The van der Waals surface area contributed by atoms with Crippen LogP contribution < -0.4 is 11.1 Å². The third kappa shape index (κ3) is 6.52. The van der Waals surface area contributed by atoms with E-state index in [-0.39, 0.29) is 17.9 Å². The fraction of sp³-hybridized carbons (Fsp3) is 0.350. The Morgan fingerprint density at radius 3 is 2.38 bits per heavy atom. The monoisotopic (exact) mass is 326 g/mol. The Kier molecular flexibility index (Phi) is 7.46. The molecular weight excluding hydrogens is 300 g/mol. The van der Waals surface area contributed by atoms with Gasteiger partial charge in [0.15, 0.2) is 0 Å². The molecule has 0 radical (unpaired) electrons. The molecule has 0 bridgehead atoms. The minimum absolute atomic E-state index is 0.0266. The molecule has 0 aliphatic rings. The van der Waals surface area contributed by atoms with Crippen LogP contribution in [0.3, 0.4) is 0 Å². The van der Waals surface area contributed by atoms with Gasteiger partial charge in [-0.25, -0.2) is 0 Å². The third-order valence-corrected chi connectivity index (χ3v) is 3.79. The van der Waals surface area contributed by atoms with Crippen LogP contribution >= 0.6 is 0 Å². The lowest BCUT2D eigenvalue weighted by atomic mass is 10.0. The molecule has 0 aliphatic carbocycles. The summed E-state index contributed by atoms with van der Waals surface area (Å²) in [7, 11) is 0. The van der Waals surface area contributed by atoms with Crippen molar-refractivity contribution >= 4 is 5.91 Å². The van der Waals surface area contributed by atoms with E-state index in [1.165, 1.54) is 0 Å². The van der Waals surface area contributed by atoms with Crippen LogP contribution in [-0.2, 0) is 16.1 Å². The Morgan fingerprint density at radius 2 is 1.71 bits per heavy atom. The van der Waals surface area contributed by atoms with Crippen molar-refractivity contribution in [2.75, 3.05) is 13.2 Å². The summed E-state index contributed by atoms with van der Waals surface area (Å²) in [5, 5.41) is 2.93. The van der Waals surface area contributed by atoms with E-state index < -0.39 is 0 Å². The van der Waals surface area contributed by atoms with Gasteiger partial charge in [0.05, 0.1) is 13.2 Å². The molecule has 2 rings (SSSR count). The van der Waals surface area contributed by atoms with E-state index >= 15 is 0 Å². The minimum Gasteiger partial charge on any atom is -0.376 e. The van der Waals surface area contributed by atoms with Crippen molar-refractivity contribution in [3.63, 3.8) is 0 Å². The molecule has 2 aromatic rings. The number of nitrogens with two attached hydrogens (primary N) is 1. The molecule has 24 heavy (non-hydrogen) atoms. The first kappa shape index (κ1) is 18.2. The number of carbonyl (C=O) groups excluding carboxylic acids is 1. The topological polar surface area (TPSA) is 64.4 Å². The zero-order valence-electron chi connectivity index (χ0n) is 14.2. The van der Waals surface area contributed by atoms with Gasteiger partial charge in [0.1, 0.15) is 0 Å². The number of amides is 1. The largest absolute Gasteiger partial charge is 0.376 e. The van der Waals surface area contributed by atoms with Crippen LogP contribution in [0.15, 0.2) is 60.7 Å². The van der Waals surface area contributed by atoms with Crippen molar-refractivity contribution < 1.29 is 9.53 Å². The molecular formula is C20H26N2O2. The van der Waals surface area contributed by atoms with Gasteiger partial charge in [-0.2, -0.15) is 0 Å². The minimum atomic E-state index is -0.268. The van der Waals surface area contributed by atoms with Gasteiger partial charge in [0.25, 0.3) is 0 Å². The fourth-order valence-electron chi connectivity index (χ4n) is 2.39. The van der Waals surface area contributed by atoms with Crippen molar-refractivity contribution in [1.82, 2.24) is 5.32 Å². The first-order valence-electron chi connectivity index (χ1n) is 8.34. The van der Waals surface area contributed by atoms with E-state index in [0.717, 1.165) is 11.1 Å². The van der Waals surface area contributed by atoms with Crippen molar-refractivity contribution in [1.29, 1.82) is 0 Å². The molecule has 4 nitrogen and oxygen atoms in total. The van der Waals surface area contributed by atoms with E-state index in [1.807, 2.05) is 60.7 Å². The summed E-state index contributed by atoms with van der Waals surface area (Å²) in [4.78, 5) is 12.0. The van der Waals surface area contributed by atoms with Gasteiger partial charge in [0.2, 0.25) is 5.91 Å². The Bertz CT molecular complexity index is 602. The maximum Gasteiger partial charge on any atom is 0.221 e. The van der Waals surface area contributed by atoms with Gasteiger partial charge >= 0.3 is 0 Å². The number of rotatable bonds is 9. The van der Waals surface area contributed by atoms with Crippen LogP contribution in [0.4, 0.5) is 0 Å². The highest BCUT2D eigenvalue weighted by Gasteiger charge is 2.12. The molecule has 1 amide bonds. The van der Waals surface area contributed by atoms with Crippen LogP contribution in [0.25, 0.3) is 0 Å². The number of hydrogen-bond acceptors (Lipinski definition) is 3. The summed E-state index contributed by atoms with van der Waals surface area (Å²) >= 11 is 0. The molecule has 0 saturated carbocycles. The molecule has 4 heteroatoms. The number of nitrogens with one attached hydrogen (secondary N) is 1. The van der Waals surface area contributed by atoms with E-state index in [2.05, 4.69) is 12.2 Å². The van der Waals surface area contributed by atoms with Gasteiger partial charge < -0.3 is 15.8 Å². The van der Waals surface area contributed by atoms with E-state index in [1.54, 1.807) is 0 Å². The van der Waals surface area contributed by atoms with Crippen LogP contribution in [0.1, 0.15) is 30.5 Å². The maximum atomic E-state index is 12.0. The predicted molar refractivity (Wildman–Crippen MR) is 96.3 cm³/mol. The summed E-state index contributed by atoms with van der Waals surface area (Å²) in [6.45, 7) is 3.86. The average Bonchev–Trinajstić information content (AvgIpc) is 2.61. The first-order chi connectivity index (χ1) is 11.6. The summed E-state index contributed by atoms with van der Waals surface area (Å²) in [5.41, 5.74) is 8.20. The lowest BCUT2D eigenvalue weighted by molar-refractivity contribution is -0.121. The Morgan fingerprint density at radius 1 is 1.08 bits per heavy atom. The average molecular weight is 326 g/mol. The molecule has 2 unspecified atom stereocenters. The second-order valence-electron chi connectivity index (χ2n) is 6.13. The standard InChI is InChI=1S/C20H26N2O2/c1-16(14-24-15-17-8-4-2-5-9-17)13-22-20(23)12-19(21)18-10-6-3-7-11-18/h2-11,16,19H,12-15,21H2,1H3,(H,22,23). The van der Waals surface area contributed by atoms with Crippen LogP contribution in [0.2, 0.25) is 0 Å². The van der Waals surface area contributed by atoms with Crippen molar-refractivity contribution in [2.45, 2.75) is 26.0 Å². The Hall–Kier alpha value is -2.17. The molecule has 3 N–H and O–H groups in total. The van der Waals surface area contributed by atoms with Gasteiger partial charge in [-0.1, -0.05) is 67.6 Å². The second kappa shape index (κ2) is 9.85. The highest BCUT2D eigenvalue weighted by atomic mass is 16.5. The SMILES string of the molecule is CC(CNC(=O)CC(N)c1ccccc1)COCc1ccccc1. The Balaban J connectivity index is 1.62. The summed E-state index contributed by atoms with van der Waals surface area (Å²) < 4.78 is 5.69. The van der Waals surface area contributed by atoms with Crippen molar-refractivity contribution in [3.05, 3.63) is 71.8 Å². The molecule has 0 saturated heterocycles. The van der Waals surface area contributed by atoms with Crippen molar-refractivity contribution in [3.8, 4) is 0 Å². The van der Waals surface area contributed by atoms with Crippen LogP contribution in [-0.4, -0.2) is 19.1 Å². The normalized spacial score (nSPS) is 13.2. The summed E-state index contributed by atoms with van der Waals surface area (Å²) in [5.74, 6) is 0.229. The molecule has 0 aromatic heterocycles. The van der Waals surface area contributed by atoms with Crippen LogP contribution in [0.5, 0.6) is 0 Å². The summed E-state index contributed by atoms with van der Waals surface area (Å²) in [6, 6.07) is 19.5. The van der Waals surface area contributed by atoms with Crippen LogP contribution in [0, 0.1) is 5.92 Å². The van der Waals surface area contributed by atoms with Gasteiger partial charge in [-0.3, -0.25) is 4.79 Å². The lowest BCUT2D eigenvalue weighted by Gasteiger charge is -2.15. The molecule has 2 atom stereocenters. The molecule has 0 fully saturated rings. The predicted octanol–water partition coefficient (Wildman–Crippen LogP) is 3.05. The smallest absolute Gasteiger partial charge is 0.221 e. The second-order valence-corrected chi connectivity index (χ2v) is 6.13. The van der Waals surface area contributed by atoms with E-state index in [9.17, 15) is 4.79 Å². The van der Waals surface area contributed by atoms with Gasteiger partial charge in [-0.15, -0.1) is 0 Å². The number of ether oxygens (including phenoxy) is 1. The maximum absolute atomic E-state index is 12.0. The molecule has 0 spiro atoms. The quantitative estimate of drug-likeness (QED) is 0.744. The zero-order valence-corrected chi connectivity index (χ0v) is 14.2. The van der Waals surface area contributed by atoms with Gasteiger partial charge in [0, 0.05) is 19.0 Å². The Labute approximate surface area is 144 Å². The summed E-state index contributed by atoms with van der Waals surface area (Å²) in [6.07, 6.45) is 0.293. The van der Waals surface area contributed by atoms with Crippen molar-refractivity contribution in [2.24, 2.45) is 11.7 Å². The fourth-order valence-corrected chi connectivity index (χ4v) is 2.39. The molecule has 0 aliphatic heterocycles. The first-order valence-corrected chi connectivity index (χ1v) is 8.34. The highest BCUT2D eigenvalue weighted by Crippen LogP contribution is 2.13. The van der Waals surface area contributed by atoms with E-state index in [0.29, 0.717) is 26.2 Å². The molecule has 0 heterocycles. The lowest BCUT2D eigenvalue weighted by Crippen LogP contribution is -2.32. The van der Waals surface area contributed by atoms with Gasteiger partial charge in [-0.05, 0) is 17.0 Å². The molecule has 2 aromatic carbocycles. The zero-order chi connectivity index (χ0) is 17.2. The van der Waals surface area contributed by atoms with E-state index in [4.69, 9.17) is 10.5 Å². The highest BCUT2D eigenvalue weighted by molar-refractivity contribution is 5.76. The third-order valence-electron chi connectivity index (χ3n) is 3.79. The number of carbonyl (C=O) groups is 1. The molecule has 128 valence electrons. The number of hydrogen-bond donors (Lipinski definition) is 2. The number of benzene rings is 2.